The Morgan fingerprint density at radius 2 is 1.71 bits per heavy atom. The van der Waals surface area contributed by atoms with Gasteiger partial charge in [-0.2, -0.15) is 0 Å². The van der Waals surface area contributed by atoms with Crippen LogP contribution in [0.1, 0.15) is 59.8 Å². The second kappa shape index (κ2) is 5.99. The Labute approximate surface area is 107 Å². The molecule has 1 aliphatic carbocycles. The molecule has 0 bridgehead atoms. The summed E-state index contributed by atoms with van der Waals surface area (Å²) in [7, 11) is 2.18. The van der Waals surface area contributed by atoms with Gasteiger partial charge < -0.3 is 4.90 Å². The maximum atomic E-state index is 11.9. The Balaban J connectivity index is 2.30. The van der Waals surface area contributed by atoms with Gasteiger partial charge in [0.1, 0.15) is 5.78 Å². The van der Waals surface area contributed by atoms with E-state index < -0.39 is 0 Å². The van der Waals surface area contributed by atoms with Crippen molar-refractivity contribution in [2.24, 2.45) is 11.3 Å². The van der Waals surface area contributed by atoms with Crippen LogP contribution in [0.2, 0.25) is 0 Å². The summed E-state index contributed by atoms with van der Waals surface area (Å²) in [6, 6.07) is 0.707. The quantitative estimate of drug-likeness (QED) is 0.748. The van der Waals surface area contributed by atoms with Crippen LogP contribution in [0.25, 0.3) is 0 Å². The van der Waals surface area contributed by atoms with Crippen molar-refractivity contribution in [3.63, 3.8) is 0 Å². The van der Waals surface area contributed by atoms with Crippen molar-refractivity contribution in [1.82, 2.24) is 4.90 Å². The molecule has 0 unspecified atom stereocenters. The molecule has 1 fully saturated rings. The average molecular weight is 239 g/mol. The number of hydrogen-bond donors (Lipinski definition) is 0. The van der Waals surface area contributed by atoms with Crippen LogP contribution in [0.3, 0.4) is 0 Å². The minimum absolute atomic E-state index is 0.179. The van der Waals surface area contributed by atoms with Crippen LogP contribution in [-0.2, 0) is 4.79 Å². The van der Waals surface area contributed by atoms with Crippen LogP contribution in [-0.4, -0.2) is 30.3 Å². The molecule has 2 heteroatoms. The van der Waals surface area contributed by atoms with Crippen LogP contribution < -0.4 is 0 Å². The van der Waals surface area contributed by atoms with Crippen LogP contribution in [0.5, 0.6) is 0 Å². The van der Waals surface area contributed by atoms with E-state index in [-0.39, 0.29) is 5.41 Å². The second-order valence-electron chi connectivity index (χ2n) is 6.82. The maximum absolute atomic E-state index is 11.9. The molecule has 0 N–H and O–H groups in total. The first-order valence-corrected chi connectivity index (χ1v) is 7.04. The summed E-state index contributed by atoms with van der Waals surface area (Å²) in [6.45, 7) is 9.31. The Morgan fingerprint density at radius 1 is 1.18 bits per heavy atom. The lowest BCUT2D eigenvalue weighted by Crippen LogP contribution is -2.37. The SMILES string of the molecule is CC1CCC(N(C)CCC(=O)C(C)(C)C)CC1. The van der Waals surface area contributed by atoms with E-state index in [1.807, 2.05) is 20.8 Å². The lowest BCUT2D eigenvalue weighted by atomic mass is 9.86. The van der Waals surface area contributed by atoms with E-state index in [1.54, 1.807) is 0 Å². The number of ketones is 1. The van der Waals surface area contributed by atoms with Gasteiger partial charge in [0.05, 0.1) is 0 Å². The number of rotatable bonds is 4. The number of nitrogens with zero attached hydrogens (tertiary/aromatic N) is 1. The molecule has 0 aromatic carbocycles. The standard InChI is InChI=1S/C15H29NO/c1-12-6-8-13(9-7-12)16(5)11-10-14(17)15(2,3)4/h12-13H,6-11H2,1-5H3. The minimum Gasteiger partial charge on any atom is -0.303 e. The van der Waals surface area contributed by atoms with E-state index in [4.69, 9.17) is 0 Å². The highest BCUT2D eigenvalue weighted by Crippen LogP contribution is 2.26. The maximum Gasteiger partial charge on any atom is 0.139 e. The van der Waals surface area contributed by atoms with Crippen molar-refractivity contribution in [2.45, 2.75) is 65.8 Å². The van der Waals surface area contributed by atoms with Crippen LogP contribution in [0, 0.1) is 11.3 Å². The van der Waals surface area contributed by atoms with Crippen molar-refractivity contribution in [3.05, 3.63) is 0 Å². The minimum atomic E-state index is -0.179. The normalized spacial score (nSPS) is 26.2. The molecule has 0 aliphatic heterocycles. The summed E-state index contributed by atoms with van der Waals surface area (Å²) in [4.78, 5) is 14.3. The topological polar surface area (TPSA) is 20.3 Å². The van der Waals surface area contributed by atoms with Gasteiger partial charge in [0.15, 0.2) is 0 Å². The smallest absolute Gasteiger partial charge is 0.139 e. The summed E-state index contributed by atoms with van der Waals surface area (Å²) >= 11 is 0. The number of hydrogen-bond acceptors (Lipinski definition) is 2. The van der Waals surface area contributed by atoms with Gasteiger partial charge in [-0.15, -0.1) is 0 Å². The van der Waals surface area contributed by atoms with Crippen molar-refractivity contribution in [2.75, 3.05) is 13.6 Å². The summed E-state index contributed by atoms with van der Waals surface area (Å²) in [5.74, 6) is 1.28. The highest BCUT2D eigenvalue weighted by atomic mass is 16.1. The van der Waals surface area contributed by atoms with Crippen molar-refractivity contribution < 1.29 is 4.79 Å². The zero-order valence-electron chi connectivity index (χ0n) is 12.3. The molecule has 1 rings (SSSR count). The molecule has 1 aliphatic rings. The van der Waals surface area contributed by atoms with Crippen molar-refractivity contribution in [1.29, 1.82) is 0 Å². The monoisotopic (exact) mass is 239 g/mol. The van der Waals surface area contributed by atoms with E-state index in [2.05, 4.69) is 18.9 Å². The third-order valence-corrected chi connectivity index (χ3v) is 4.14. The fraction of sp³-hybridized carbons (Fsp3) is 0.933. The van der Waals surface area contributed by atoms with Gasteiger partial charge in [0.2, 0.25) is 0 Å². The molecule has 0 spiro atoms. The van der Waals surface area contributed by atoms with Crippen molar-refractivity contribution >= 4 is 5.78 Å². The molecular formula is C15H29NO. The molecular weight excluding hydrogens is 210 g/mol. The van der Waals surface area contributed by atoms with Gasteiger partial charge in [0, 0.05) is 24.4 Å². The molecule has 0 aromatic rings. The van der Waals surface area contributed by atoms with Gasteiger partial charge in [0.25, 0.3) is 0 Å². The Bertz CT molecular complexity index is 246. The van der Waals surface area contributed by atoms with E-state index >= 15 is 0 Å². The first kappa shape index (κ1) is 14.7. The Kier molecular flexibility index (Phi) is 5.18. The van der Waals surface area contributed by atoms with E-state index in [9.17, 15) is 4.79 Å². The molecule has 0 amide bonds. The van der Waals surface area contributed by atoms with Gasteiger partial charge in [-0.25, -0.2) is 0 Å². The summed E-state index contributed by atoms with van der Waals surface area (Å²) in [5, 5.41) is 0. The van der Waals surface area contributed by atoms with Gasteiger partial charge in [-0.3, -0.25) is 4.79 Å². The molecule has 2 nitrogen and oxygen atoms in total. The molecule has 0 radical (unpaired) electrons. The zero-order valence-corrected chi connectivity index (χ0v) is 12.3. The van der Waals surface area contributed by atoms with E-state index in [1.165, 1.54) is 25.7 Å². The van der Waals surface area contributed by atoms with Gasteiger partial charge in [-0.05, 0) is 38.6 Å². The average Bonchev–Trinajstić information content (AvgIpc) is 2.25. The predicted octanol–water partition coefficient (Wildman–Crippen LogP) is 3.50. The molecule has 0 saturated heterocycles. The third kappa shape index (κ3) is 4.79. The first-order valence-electron chi connectivity index (χ1n) is 7.04. The van der Waals surface area contributed by atoms with E-state index in [0.717, 1.165) is 12.5 Å². The van der Waals surface area contributed by atoms with Crippen LogP contribution in [0.4, 0.5) is 0 Å². The number of Topliss-reactive ketones (excluding diaryl/α,β-unsaturated/α-hetero) is 1. The largest absolute Gasteiger partial charge is 0.303 e. The Hall–Kier alpha value is -0.370. The van der Waals surface area contributed by atoms with Gasteiger partial charge in [-0.1, -0.05) is 27.7 Å². The lowest BCUT2D eigenvalue weighted by Gasteiger charge is -2.33. The summed E-state index contributed by atoms with van der Waals surface area (Å²) in [5.41, 5.74) is -0.179. The number of carbonyl (C=O) groups excluding carboxylic acids is 1. The molecule has 17 heavy (non-hydrogen) atoms. The molecule has 1 saturated carbocycles. The second-order valence-corrected chi connectivity index (χ2v) is 6.82. The molecule has 0 aromatic heterocycles. The number of carbonyl (C=O) groups is 1. The van der Waals surface area contributed by atoms with Crippen molar-refractivity contribution in [3.8, 4) is 0 Å². The first-order chi connectivity index (χ1) is 7.80. The molecule has 0 heterocycles. The molecule has 0 atom stereocenters. The Morgan fingerprint density at radius 3 is 2.18 bits per heavy atom. The fourth-order valence-electron chi connectivity index (χ4n) is 2.52. The van der Waals surface area contributed by atoms with Gasteiger partial charge >= 0.3 is 0 Å². The fourth-order valence-corrected chi connectivity index (χ4v) is 2.52. The van der Waals surface area contributed by atoms with Crippen LogP contribution in [0.15, 0.2) is 0 Å². The molecule has 100 valence electrons. The lowest BCUT2D eigenvalue weighted by molar-refractivity contribution is -0.126. The highest BCUT2D eigenvalue weighted by Gasteiger charge is 2.24. The summed E-state index contributed by atoms with van der Waals surface area (Å²) in [6.07, 6.45) is 6.01. The zero-order chi connectivity index (χ0) is 13.1. The van der Waals surface area contributed by atoms with Crippen LogP contribution >= 0.6 is 0 Å². The predicted molar refractivity (Wildman–Crippen MR) is 73.1 cm³/mol. The van der Waals surface area contributed by atoms with E-state index in [0.29, 0.717) is 18.2 Å². The summed E-state index contributed by atoms with van der Waals surface area (Å²) < 4.78 is 0. The highest BCUT2D eigenvalue weighted by molar-refractivity contribution is 5.83. The third-order valence-electron chi connectivity index (χ3n) is 4.14.